The van der Waals surface area contributed by atoms with Gasteiger partial charge in [-0.25, -0.2) is 12.8 Å². The van der Waals surface area contributed by atoms with Crippen LogP contribution in [-0.4, -0.2) is 31.7 Å². The van der Waals surface area contributed by atoms with Gasteiger partial charge in [-0.3, -0.25) is 4.79 Å². The van der Waals surface area contributed by atoms with Gasteiger partial charge in [-0.1, -0.05) is 17.7 Å². The Labute approximate surface area is 127 Å². The quantitative estimate of drug-likeness (QED) is 0.911. The maximum Gasteiger partial charge on any atom is 0.247 e. The number of nitrogens with two attached hydrogens (primary N) is 1. The Balaban J connectivity index is 2.29. The zero-order valence-corrected chi connectivity index (χ0v) is 12.8. The van der Waals surface area contributed by atoms with Gasteiger partial charge in [0.05, 0.1) is 5.02 Å². The zero-order chi connectivity index (χ0) is 15.6. The molecule has 1 fully saturated rings. The van der Waals surface area contributed by atoms with Crippen molar-refractivity contribution in [2.45, 2.75) is 24.2 Å². The summed E-state index contributed by atoms with van der Waals surface area (Å²) in [5, 5.41) is -0.146. The number of primary amides is 1. The van der Waals surface area contributed by atoms with Gasteiger partial charge in [-0.15, -0.1) is 0 Å². The average molecular weight is 335 g/mol. The highest BCUT2D eigenvalue weighted by molar-refractivity contribution is 7.89. The SMILES string of the molecule is NC(=O)CC1CCCN(S(=O)(=O)c2c(F)cccc2Cl)C1. The summed E-state index contributed by atoms with van der Waals surface area (Å²) in [4.78, 5) is 10.5. The lowest BCUT2D eigenvalue weighted by molar-refractivity contribution is -0.119. The largest absolute Gasteiger partial charge is 0.370 e. The molecule has 1 aromatic carbocycles. The molecule has 1 aliphatic heterocycles. The van der Waals surface area contributed by atoms with Gasteiger partial charge in [0.15, 0.2) is 0 Å². The van der Waals surface area contributed by atoms with E-state index >= 15 is 0 Å². The highest BCUT2D eigenvalue weighted by atomic mass is 35.5. The molecule has 2 rings (SSSR count). The molecule has 1 saturated heterocycles. The summed E-state index contributed by atoms with van der Waals surface area (Å²) >= 11 is 5.83. The van der Waals surface area contributed by atoms with E-state index in [0.717, 1.165) is 12.5 Å². The third-order valence-electron chi connectivity index (χ3n) is 3.49. The van der Waals surface area contributed by atoms with Crippen molar-refractivity contribution in [1.82, 2.24) is 4.31 Å². The minimum atomic E-state index is -4.02. The number of benzene rings is 1. The smallest absolute Gasteiger partial charge is 0.247 e. The number of hydrogen-bond donors (Lipinski definition) is 1. The molecule has 0 aromatic heterocycles. The number of nitrogens with zero attached hydrogens (tertiary/aromatic N) is 1. The van der Waals surface area contributed by atoms with Crippen LogP contribution in [0.1, 0.15) is 19.3 Å². The second-order valence-corrected chi connectivity index (χ2v) is 7.37. The molecular formula is C13H16ClFN2O3S. The molecule has 1 heterocycles. The molecule has 2 N–H and O–H groups in total. The van der Waals surface area contributed by atoms with Crippen LogP contribution in [0.5, 0.6) is 0 Å². The molecule has 8 heteroatoms. The summed E-state index contributed by atoms with van der Waals surface area (Å²) in [5.74, 6) is -1.49. The van der Waals surface area contributed by atoms with E-state index in [2.05, 4.69) is 0 Å². The van der Waals surface area contributed by atoms with Crippen molar-refractivity contribution in [2.75, 3.05) is 13.1 Å². The number of sulfonamides is 1. The third-order valence-corrected chi connectivity index (χ3v) is 5.86. The van der Waals surface area contributed by atoms with Crippen LogP contribution in [0, 0.1) is 11.7 Å². The fourth-order valence-electron chi connectivity index (χ4n) is 2.55. The summed E-state index contributed by atoms with van der Waals surface area (Å²) in [6.45, 7) is 0.429. The molecule has 1 aliphatic rings. The monoisotopic (exact) mass is 334 g/mol. The second-order valence-electron chi connectivity index (χ2n) is 5.09. The van der Waals surface area contributed by atoms with Crippen molar-refractivity contribution in [2.24, 2.45) is 11.7 Å². The minimum Gasteiger partial charge on any atom is -0.370 e. The van der Waals surface area contributed by atoms with Gasteiger partial charge in [0.2, 0.25) is 15.9 Å². The van der Waals surface area contributed by atoms with Crippen LogP contribution >= 0.6 is 11.6 Å². The molecule has 1 amide bonds. The van der Waals surface area contributed by atoms with E-state index in [4.69, 9.17) is 17.3 Å². The maximum absolute atomic E-state index is 13.8. The molecular weight excluding hydrogens is 319 g/mol. The van der Waals surface area contributed by atoms with Crippen molar-refractivity contribution in [1.29, 1.82) is 0 Å². The first-order chi connectivity index (χ1) is 9.82. The van der Waals surface area contributed by atoms with Crippen LogP contribution < -0.4 is 5.73 Å². The molecule has 1 atom stereocenters. The topological polar surface area (TPSA) is 80.5 Å². The van der Waals surface area contributed by atoms with Crippen molar-refractivity contribution in [3.05, 3.63) is 29.0 Å². The number of carbonyl (C=O) groups is 1. The summed E-state index contributed by atoms with van der Waals surface area (Å²) in [5.41, 5.74) is 5.15. The van der Waals surface area contributed by atoms with E-state index in [9.17, 15) is 17.6 Å². The van der Waals surface area contributed by atoms with Crippen LogP contribution in [0.4, 0.5) is 4.39 Å². The lowest BCUT2D eigenvalue weighted by Crippen LogP contribution is -2.41. The Morgan fingerprint density at radius 2 is 2.19 bits per heavy atom. The number of carbonyl (C=O) groups excluding carboxylic acids is 1. The van der Waals surface area contributed by atoms with Crippen molar-refractivity contribution in [3.8, 4) is 0 Å². The van der Waals surface area contributed by atoms with Crippen LogP contribution in [-0.2, 0) is 14.8 Å². The molecule has 0 bridgehead atoms. The highest BCUT2D eigenvalue weighted by Crippen LogP contribution is 2.30. The lowest BCUT2D eigenvalue weighted by Gasteiger charge is -2.31. The maximum atomic E-state index is 13.8. The predicted molar refractivity (Wildman–Crippen MR) is 76.7 cm³/mol. The van der Waals surface area contributed by atoms with Gasteiger partial charge < -0.3 is 5.73 Å². The number of halogens is 2. The molecule has 116 valence electrons. The second kappa shape index (κ2) is 6.29. The van der Waals surface area contributed by atoms with E-state index in [0.29, 0.717) is 6.42 Å². The Morgan fingerprint density at radius 3 is 2.81 bits per heavy atom. The first-order valence-corrected chi connectivity index (χ1v) is 8.36. The predicted octanol–water partition coefficient (Wildman–Crippen LogP) is 1.76. The van der Waals surface area contributed by atoms with Gasteiger partial charge in [0.25, 0.3) is 0 Å². The van der Waals surface area contributed by atoms with E-state index in [1.807, 2.05) is 0 Å². The molecule has 21 heavy (non-hydrogen) atoms. The van der Waals surface area contributed by atoms with E-state index < -0.39 is 26.6 Å². The van der Waals surface area contributed by atoms with Gasteiger partial charge in [0.1, 0.15) is 10.7 Å². The average Bonchev–Trinajstić information content (AvgIpc) is 2.37. The lowest BCUT2D eigenvalue weighted by atomic mass is 9.96. The van der Waals surface area contributed by atoms with Crippen LogP contribution in [0.3, 0.4) is 0 Å². The van der Waals surface area contributed by atoms with E-state index in [1.165, 1.54) is 16.4 Å². The number of amides is 1. The zero-order valence-electron chi connectivity index (χ0n) is 11.3. The van der Waals surface area contributed by atoms with Gasteiger partial charge in [-0.2, -0.15) is 4.31 Å². The Morgan fingerprint density at radius 1 is 1.48 bits per heavy atom. The van der Waals surface area contributed by atoms with Crippen molar-refractivity contribution >= 4 is 27.5 Å². The Bertz CT molecular complexity index is 631. The first-order valence-electron chi connectivity index (χ1n) is 6.55. The fraction of sp³-hybridized carbons (Fsp3) is 0.462. The highest BCUT2D eigenvalue weighted by Gasteiger charge is 2.33. The summed E-state index contributed by atoms with van der Waals surface area (Å²) in [6, 6.07) is 3.74. The Hall–Kier alpha value is -1.18. The minimum absolute atomic E-state index is 0.122. The van der Waals surface area contributed by atoms with E-state index in [1.54, 1.807) is 0 Å². The van der Waals surface area contributed by atoms with Gasteiger partial charge in [-0.05, 0) is 30.9 Å². The summed E-state index contributed by atoms with van der Waals surface area (Å²) < 4.78 is 40.1. The first kappa shape index (κ1) is 16.2. The summed E-state index contributed by atoms with van der Waals surface area (Å²) in [6.07, 6.45) is 1.44. The van der Waals surface area contributed by atoms with Gasteiger partial charge in [0, 0.05) is 19.5 Å². The Kier molecular flexibility index (Phi) is 4.85. The standard InChI is InChI=1S/C13H16ClFN2O3S/c14-10-4-1-5-11(15)13(10)21(19,20)17-6-2-3-9(8-17)7-12(16)18/h1,4-5,9H,2-3,6-8H2,(H2,16,18). The molecule has 0 spiro atoms. The van der Waals surface area contributed by atoms with Crippen LogP contribution in [0.2, 0.25) is 5.02 Å². The number of piperidine rings is 1. The van der Waals surface area contributed by atoms with Crippen molar-refractivity contribution in [3.63, 3.8) is 0 Å². The fourth-order valence-corrected chi connectivity index (χ4v) is 4.67. The number of rotatable bonds is 4. The van der Waals surface area contributed by atoms with Gasteiger partial charge >= 0.3 is 0 Å². The molecule has 1 aromatic rings. The molecule has 0 radical (unpaired) electrons. The third kappa shape index (κ3) is 3.53. The molecule has 1 unspecified atom stereocenters. The summed E-state index contributed by atoms with van der Waals surface area (Å²) in [7, 11) is -4.02. The molecule has 0 aliphatic carbocycles. The van der Waals surface area contributed by atoms with E-state index in [-0.39, 0.29) is 30.5 Å². The van der Waals surface area contributed by atoms with Crippen molar-refractivity contribution < 1.29 is 17.6 Å². The van der Waals surface area contributed by atoms with Crippen LogP contribution in [0.15, 0.2) is 23.1 Å². The molecule has 0 saturated carbocycles. The van der Waals surface area contributed by atoms with Crippen LogP contribution in [0.25, 0.3) is 0 Å². The number of hydrogen-bond acceptors (Lipinski definition) is 3. The molecule has 5 nitrogen and oxygen atoms in total. The normalized spacial score (nSPS) is 20.4.